The summed E-state index contributed by atoms with van der Waals surface area (Å²) < 4.78 is 11.5. The number of ketones is 1. The maximum absolute atomic E-state index is 12.1. The summed E-state index contributed by atoms with van der Waals surface area (Å²) in [6, 6.07) is 2.04. The summed E-state index contributed by atoms with van der Waals surface area (Å²) in [7, 11) is -2.04. The van der Waals surface area contributed by atoms with Crippen molar-refractivity contribution in [2.45, 2.75) is 71.2 Å². The van der Waals surface area contributed by atoms with Gasteiger partial charge in [0.2, 0.25) is 0 Å². The topological polar surface area (TPSA) is 76.4 Å². The molecule has 3 atom stereocenters. The van der Waals surface area contributed by atoms with Crippen LogP contribution in [0.1, 0.15) is 47.0 Å². The van der Waals surface area contributed by atoms with Crippen LogP contribution in [0.15, 0.2) is 0 Å². The lowest BCUT2D eigenvalue weighted by Gasteiger charge is -2.43. The van der Waals surface area contributed by atoms with E-state index in [1.165, 1.54) is 0 Å². The number of esters is 1. The van der Waals surface area contributed by atoms with E-state index in [-0.39, 0.29) is 30.0 Å². The van der Waals surface area contributed by atoms with Crippen LogP contribution in [0.4, 0.5) is 0 Å². The molecule has 1 aliphatic rings. The molecule has 0 radical (unpaired) electrons. The van der Waals surface area contributed by atoms with Gasteiger partial charge in [0, 0.05) is 18.8 Å². The molecule has 0 amide bonds. The predicted molar refractivity (Wildman–Crippen MR) is 90.2 cm³/mol. The van der Waals surface area contributed by atoms with Gasteiger partial charge in [-0.15, -0.1) is 0 Å². The van der Waals surface area contributed by atoms with E-state index in [9.17, 15) is 14.9 Å². The van der Waals surface area contributed by atoms with Crippen LogP contribution in [-0.4, -0.2) is 32.8 Å². The zero-order valence-corrected chi connectivity index (χ0v) is 16.1. The number of carbonyl (C=O) groups excluding carboxylic acids is 2. The maximum atomic E-state index is 12.1. The Bertz CT molecular complexity index is 490. The van der Waals surface area contributed by atoms with Crippen LogP contribution in [0, 0.1) is 23.2 Å². The van der Waals surface area contributed by atoms with Gasteiger partial charge < -0.3 is 9.16 Å². The molecule has 0 aromatic rings. The molecule has 0 spiro atoms. The first-order chi connectivity index (χ1) is 10.5. The minimum Gasteiger partial charge on any atom is -0.465 e. The molecular formula is C17H29NO4Si. The molecule has 5 nitrogen and oxygen atoms in total. The van der Waals surface area contributed by atoms with Gasteiger partial charge in [0.15, 0.2) is 8.32 Å². The van der Waals surface area contributed by atoms with Crippen molar-refractivity contribution in [3.05, 3.63) is 0 Å². The van der Waals surface area contributed by atoms with Crippen LogP contribution in [0.3, 0.4) is 0 Å². The number of hydrogen-bond donors (Lipinski definition) is 0. The van der Waals surface area contributed by atoms with Crippen molar-refractivity contribution in [1.29, 1.82) is 5.26 Å². The van der Waals surface area contributed by atoms with E-state index in [2.05, 4.69) is 33.9 Å². The first-order valence-corrected chi connectivity index (χ1v) is 11.2. The quantitative estimate of drug-likeness (QED) is 0.566. The van der Waals surface area contributed by atoms with Gasteiger partial charge >= 0.3 is 5.97 Å². The number of nitrogens with zero attached hydrogens (tertiary/aromatic N) is 1. The van der Waals surface area contributed by atoms with E-state index in [0.29, 0.717) is 12.8 Å². The number of ether oxygens (including phenoxy) is 1. The Morgan fingerprint density at radius 1 is 1.43 bits per heavy atom. The first-order valence-electron chi connectivity index (χ1n) is 8.29. The molecule has 0 aromatic carbocycles. The van der Waals surface area contributed by atoms with Gasteiger partial charge in [-0.2, -0.15) is 5.26 Å². The van der Waals surface area contributed by atoms with E-state index in [4.69, 9.17) is 9.16 Å². The van der Waals surface area contributed by atoms with Gasteiger partial charge in [0.25, 0.3) is 0 Å². The Balaban J connectivity index is 3.02. The summed E-state index contributed by atoms with van der Waals surface area (Å²) in [6.07, 6.45) is 1.02. The highest BCUT2D eigenvalue weighted by Gasteiger charge is 2.45. The monoisotopic (exact) mass is 339 g/mol. The molecule has 0 heterocycles. The van der Waals surface area contributed by atoms with Crippen molar-refractivity contribution < 1.29 is 18.8 Å². The van der Waals surface area contributed by atoms with Gasteiger partial charge in [0.05, 0.1) is 18.8 Å². The van der Waals surface area contributed by atoms with E-state index in [1.54, 1.807) is 6.92 Å². The van der Waals surface area contributed by atoms with Crippen LogP contribution < -0.4 is 0 Å². The van der Waals surface area contributed by atoms with Gasteiger partial charge in [0.1, 0.15) is 11.7 Å². The van der Waals surface area contributed by atoms with Gasteiger partial charge in [-0.25, -0.2) is 0 Å². The number of carbonyl (C=O) groups is 2. The largest absolute Gasteiger partial charge is 0.465 e. The third-order valence-corrected chi connectivity index (χ3v) is 9.51. The Kier molecular flexibility index (Phi) is 6.55. The molecule has 1 unspecified atom stereocenters. The lowest BCUT2D eigenvalue weighted by Crippen LogP contribution is -2.49. The van der Waals surface area contributed by atoms with Crippen LogP contribution in [-0.2, 0) is 18.8 Å². The number of Topliss-reactive ketones (excluding diaryl/α,β-unsaturated/α-hetero) is 1. The minimum atomic E-state index is -2.04. The average Bonchev–Trinajstić information content (AvgIpc) is 2.41. The number of nitriles is 1. The molecule has 0 saturated heterocycles. The lowest BCUT2D eigenvalue weighted by molar-refractivity contribution is -0.150. The minimum absolute atomic E-state index is 0.0328. The summed E-state index contributed by atoms with van der Waals surface area (Å²) in [5, 5.41) is 9.46. The fourth-order valence-electron chi connectivity index (χ4n) is 2.60. The SMILES string of the molecule is CCOC(=O)C(C#N)[C@@H]1CC(=O)CC[C@@H]1O[Si](C)(C)C(C)(C)C. The summed E-state index contributed by atoms with van der Waals surface area (Å²) >= 11 is 0. The highest BCUT2D eigenvalue weighted by Crippen LogP contribution is 2.41. The molecule has 0 bridgehead atoms. The second-order valence-corrected chi connectivity index (χ2v) is 12.5. The molecule has 1 saturated carbocycles. The van der Waals surface area contributed by atoms with Gasteiger partial charge in [-0.1, -0.05) is 20.8 Å². The van der Waals surface area contributed by atoms with Gasteiger partial charge in [-0.3, -0.25) is 9.59 Å². The Labute approximate surface area is 140 Å². The Morgan fingerprint density at radius 2 is 2.04 bits per heavy atom. The van der Waals surface area contributed by atoms with Crippen LogP contribution in [0.5, 0.6) is 0 Å². The normalized spacial score (nSPS) is 24.0. The smallest absolute Gasteiger partial charge is 0.323 e. The molecular weight excluding hydrogens is 310 g/mol. The van der Waals surface area contributed by atoms with Crippen LogP contribution in [0.25, 0.3) is 0 Å². The molecule has 130 valence electrons. The van der Waals surface area contributed by atoms with E-state index in [0.717, 1.165) is 0 Å². The zero-order valence-electron chi connectivity index (χ0n) is 15.1. The Hall–Kier alpha value is -1.19. The van der Waals surface area contributed by atoms with Crippen molar-refractivity contribution in [3.63, 3.8) is 0 Å². The standard InChI is InChI=1S/C17H29NO4Si/c1-7-21-16(20)14(11-18)13-10-12(19)8-9-15(13)22-23(5,6)17(2,3)4/h13-15H,7-10H2,1-6H3/t13-,14?,15-/m0/s1. The summed E-state index contributed by atoms with van der Waals surface area (Å²) in [5.74, 6) is -1.79. The lowest BCUT2D eigenvalue weighted by atomic mass is 9.78. The predicted octanol–water partition coefficient (Wildman–Crippen LogP) is 3.45. The molecule has 1 aliphatic carbocycles. The van der Waals surface area contributed by atoms with E-state index < -0.39 is 26.1 Å². The molecule has 1 rings (SSSR count). The number of rotatable bonds is 5. The van der Waals surface area contributed by atoms with Crippen molar-refractivity contribution >= 4 is 20.1 Å². The van der Waals surface area contributed by atoms with Gasteiger partial charge in [-0.05, 0) is 31.5 Å². The molecule has 1 fully saturated rings. The fourth-order valence-corrected chi connectivity index (χ4v) is 4.01. The van der Waals surface area contributed by atoms with Crippen molar-refractivity contribution in [2.24, 2.45) is 11.8 Å². The van der Waals surface area contributed by atoms with E-state index in [1.807, 2.05) is 6.07 Å². The molecule has 6 heteroatoms. The third-order valence-electron chi connectivity index (χ3n) is 5.01. The summed E-state index contributed by atoms with van der Waals surface area (Å²) in [6.45, 7) is 12.7. The van der Waals surface area contributed by atoms with Crippen LogP contribution in [0.2, 0.25) is 18.1 Å². The number of hydrogen-bond acceptors (Lipinski definition) is 5. The summed E-state index contributed by atoms with van der Waals surface area (Å²) in [4.78, 5) is 24.0. The average molecular weight is 340 g/mol. The fraction of sp³-hybridized carbons (Fsp3) is 0.824. The molecule has 23 heavy (non-hydrogen) atoms. The molecule has 0 aromatic heterocycles. The zero-order chi connectivity index (χ0) is 17.8. The first kappa shape index (κ1) is 19.9. The highest BCUT2D eigenvalue weighted by molar-refractivity contribution is 6.74. The second kappa shape index (κ2) is 7.58. The van der Waals surface area contributed by atoms with Crippen LogP contribution >= 0.6 is 0 Å². The van der Waals surface area contributed by atoms with Crippen molar-refractivity contribution in [3.8, 4) is 6.07 Å². The third kappa shape index (κ3) is 4.89. The van der Waals surface area contributed by atoms with Crippen molar-refractivity contribution in [1.82, 2.24) is 0 Å². The summed E-state index contributed by atoms with van der Waals surface area (Å²) in [5.41, 5.74) is 0. The molecule has 0 N–H and O–H groups in total. The second-order valence-electron chi connectivity index (χ2n) is 7.72. The van der Waals surface area contributed by atoms with E-state index >= 15 is 0 Å². The Morgan fingerprint density at radius 3 is 2.52 bits per heavy atom. The maximum Gasteiger partial charge on any atom is 0.323 e. The highest BCUT2D eigenvalue weighted by atomic mass is 28.4. The van der Waals surface area contributed by atoms with Crippen molar-refractivity contribution in [2.75, 3.05) is 6.61 Å². The molecule has 0 aliphatic heterocycles.